The molecule has 0 unspecified atom stereocenters. The topological polar surface area (TPSA) is 88.1 Å². The van der Waals surface area contributed by atoms with Gasteiger partial charge in [-0.05, 0) is 25.3 Å². The Kier molecular flexibility index (Phi) is 7.21. The van der Waals surface area contributed by atoms with Crippen LogP contribution >= 0.6 is 0 Å². The van der Waals surface area contributed by atoms with Crippen LogP contribution in [0.25, 0.3) is 0 Å². The zero-order valence-electron chi connectivity index (χ0n) is 14.6. The van der Waals surface area contributed by atoms with Gasteiger partial charge in [0.05, 0.1) is 18.9 Å². The highest BCUT2D eigenvalue weighted by molar-refractivity contribution is 5.68. The maximum Gasteiger partial charge on any atom is 0.408 e. The molecular formula is C18H26N2O5. The number of amides is 1. The number of aliphatic carboxylic acids is 1. The number of benzene rings is 1. The summed E-state index contributed by atoms with van der Waals surface area (Å²) in [5.74, 6) is -0.837. The number of rotatable bonds is 8. The van der Waals surface area contributed by atoms with Gasteiger partial charge < -0.3 is 19.9 Å². The van der Waals surface area contributed by atoms with Crippen molar-refractivity contribution in [2.75, 3.05) is 26.3 Å². The number of hydrogen-bond donors (Lipinski definition) is 2. The molecule has 1 fully saturated rings. The summed E-state index contributed by atoms with van der Waals surface area (Å²) in [6, 6.07) is 9.46. The Morgan fingerprint density at radius 2 is 1.96 bits per heavy atom. The minimum absolute atomic E-state index is 0.0701. The summed E-state index contributed by atoms with van der Waals surface area (Å²) < 4.78 is 10.7. The van der Waals surface area contributed by atoms with Crippen LogP contribution in [0.15, 0.2) is 30.3 Å². The van der Waals surface area contributed by atoms with Gasteiger partial charge in [0.15, 0.2) is 0 Å². The second kappa shape index (κ2) is 9.39. The van der Waals surface area contributed by atoms with Gasteiger partial charge in [-0.25, -0.2) is 4.79 Å². The third-order valence-electron chi connectivity index (χ3n) is 4.35. The van der Waals surface area contributed by atoms with Crippen molar-refractivity contribution in [1.82, 2.24) is 10.2 Å². The molecule has 1 atom stereocenters. The number of carboxylic acids is 1. The lowest BCUT2D eigenvalue weighted by Crippen LogP contribution is -2.61. The molecular weight excluding hydrogens is 324 g/mol. The number of carboxylic acid groups (broad SMARTS) is 1. The van der Waals surface area contributed by atoms with Crippen LogP contribution in [0.2, 0.25) is 0 Å². The first-order chi connectivity index (χ1) is 12.0. The summed E-state index contributed by atoms with van der Waals surface area (Å²) in [6.45, 7) is 4.65. The van der Waals surface area contributed by atoms with Crippen molar-refractivity contribution in [1.29, 1.82) is 0 Å². The standard InChI is InChI=1S/C18H26N2O5/c1-18(9-5-8-16(21)22,20-10-12-24-13-11-20)19-17(23)25-14-15-6-3-2-4-7-15/h2-4,6-7H,5,8-14H2,1H3,(H,19,23)(H,21,22)/t18-/m0/s1. The quantitative estimate of drug-likeness (QED) is 0.747. The summed E-state index contributed by atoms with van der Waals surface area (Å²) in [6.07, 6.45) is 0.566. The number of hydrogen-bond acceptors (Lipinski definition) is 5. The van der Waals surface area contributed by atoms with Crippen LogP contribution in [0, 0.1) is 0 Å². The highest BCUT2D eigenvalue weighted by Crippen LogP contribution is 2.21. The van der Waals surface area contributed by atoms with Crippen molar-refractivity contribution in [3.8, 4) is 0 Å². The molecule has 0 spiro atoms. The van der Waals surface area contributed by atoms with Crippen molar-refractivity contribution in [2.45, 2.75) is 38.5 Å². The first kappa shape index (κ1) is 19.2. The Hall–Kier alpha value is -2.12. The molecule has 0 radical (unpaired) electrons. The van der Waals surface area contributed by atoms with Crippen molar-refractivity contribution in [3.63, 3.8) is 0 Å². The van der Waals surface area contributed by atoms with E-state index in [1.54, 1.807) is 0 Å². The van der Waals surface area contributed by atoms with Crippen LogP contribution < -0.4 is 5.32 Å². The largest absolute Gasteiger partial charge is 0.481 e. The molecule has 1 aromatic carbocycles. The lowest BCUT2D eigenvalue weighted by molar-refractivity contribution is -0.137. The Morgan fingerprint density at radius 1 is 1.28 bits per heavy atom. The fourth-order valence-electron chi connectivity index (χ4n) is 2.92. The second-order valence-corrected chi connectivity index (χ2v) is 6.31. The van der Waals surface area contributed by atoms with Gasteiger partial charge in [0.2, 0.25) is 0 Å². The molecule has 2 rings (SSSR count). The molecule has 0 bridgehead atoms. The van der Waals surface area contributed by atoms with Crippen molar-refractivity contribution in [3.05, 3.63) is 35.9 Å². The number of ether oxygens (including phenoxy) is 2. The third-order valence-corrected chi connectivity index (χ3v) is 4.35. The SMILES string of the molecule is C[C@](CCCC(=O)O)(NC(=O)OCc1ccccc1)N1CCOCC1. The first-order valence-electron chi connectivity index (χ1n) is 8.53. The van der Waals surface area contributed by atoms with E-state index in [0.29, 0.717) is 39.1 Å². The number of nitrogens with zero attached hydrogens (tertiary/aromatic N) is 1. The van der Waals surface area contributed by atoms with Gasteiger partial charge in [-0.1, -0.05) is 30.3 Å². The van der Waals surface area contributed by atoms with Crippen LogP contribution in [0.5, 0.6) is 0 Å². The highest BCUT2D eigenvalue weighted by Gasteiger charge is 2.34. The predicted octanol–water partition coefficient (Wildman–Crippen LogP) is 2.22. The minimum Gasteiger partial charge on any atom is -0.481 e. The van der Waals surface area contributed by atoms with E-state index in [9.17, 15) is 9.59 Å². The molecule has 7 nitrogen and oxygen atoms in total. The van der Waals surface area contributed by atoms with Crippen LogP contribution in [0.3, 0.4) is 0 Å². The number of nitrogens with one attached hydrogen (secondary N) is 1. The maximum absolute atomic E-state index is 12.3. The smallest absolute Gasteiger partial charge is 0.408 e. The highest BCUT2D eigenvalue weighted by atomic mass is 16.5. The average molecular weight is 350 g/mol. The third kappa shape index (κ3) is 6.36. The Labute approximate surface area is 147 Å². The normalized spacial score (nSPS) is 17.5. The molecule has 1 saturated heterocycles. The number of carbonyl (C=O) groups is 2. The average Bonchev–Trinajstić information content (AvgIpc) is 2.61. The van der Waals surface area contributed by atoms with Gasteiger partial charge in [-0.15, -0.1) is 0 Å². The van der Waals surface area contributed by atoms with Gasteiger partial charge in [-0.2, -0.15) is 0 Å². The Bertz CT molecular complexity index is 560. The molecule has 0 saturated carbocycles. The summed E-state index contributed by atoms with van der Waals surface area (Å²) in [7, 11) is 0. The summed E-state index contributed by atoms with van der Waals surface area (Å²) >= 11 is 0. The fraction of sp³-hybridized carbons (Fsp3) is 0.556. The van der Waals surface area contributed by atoms with E-state index in [1.165, 1.54) is 0 Å². The van der Waals surface area contributed by atoms with E-state index in [1.807, 2.05) is 37.3 Å². The van der Waals surface area contributed by atoms with Crippen LogP contribution in [-0.2, 0) is 20.9 Å². The van der Waals surface area contributed by atoms with Crippen molar-refractivity contribution in [2.24, 2.45) is 0 Å². The van der Waals surface area contributed by atoms with Gasteiger partial charge in [0.25, 0.3) is 0 Å². The fourth-order valence-corrected chi connectivity index (χ4v) is 2.92. The molecule has 1 aliphatic rings. The van der Waals surface area contributed by atoms with Crippen molar-refractivity contribution < 1.29 is 24.2 Å². The Morgan fingerprint density at radius 3 is 2.60 bits per heavy atom. The summed E-state index contributed by atoms with van der Waals surface area (Å²) in [5.41, 5.74) is 0.254. The van der Waals surface area contributed by atoms with Crippen molar-refractivity contribution >= 4 is 12.1 Å². The molecule has 0 aromatic heterocycles. The molecule has 1 heterocycles. The molecule has 0 aliphatic carbocycles. The van der Waals surface area contributed by atoms with Crippen LogP contribution in [0.1, 0.15) is 31.7 Å². The lowest BCUT2D eigenvalue weighted by atomic mass is 10.0. The molecule has 1 amide bonds. The van der Waals surface area contributed by atoms with E-state index in [0.717, 1.165) is 5.56 Å². The molecule has 138 valence electrons. The van der Waals surface area contributed by atoms with E-state index in [2.05, 4.69) is 10.2 Å². The molecule has 25 heavy (non-hydrogen) atoms. The monoisotopic (exact) mass is 350 g/mol. The second-order valence-electron chi connectivity index (χ2n) is 6.31. The van der Waals surface area contributed by atoms with Gasteiger partial charge in [-0.3, -0.25) is 9.69 Å². The van der Waals surface area contributed by atoms with E-state index >= 15 is 0 Å². The van der Waals surface area contributed by atoms with Gasteiger partial charge >= 0.3 is 12.1 Å². The molecule has 2 N–H and O–H groups in total. The van der Waals surface area contributed by atoms with Gasteiger partial charge in [0, 0.05) is 19.5 Å². The number of alkyl carbamates (subject to hydrolysis) is 1. The minimum atomic E-state index is -0.837. The van der Waals surface area contributed by atoms with Gasteiger partial charge in [0.1, 0.15) is 6.61 Å². The van der Waals surface area contributed by atoms with E-state index < -0.39 is 17.7 Å². The summed E-state index contributed by atoms with van der Waals surface area (Å²) in [5, 5.41) is 11.8. The van der Waals surface area contributed by atoms with Crippen LogP contribution in [-0.4, -0.2) is 54.0 Å². The van der Waals surface area contributed by atoms with Crippen LogP contribution in [0.4, 0.5) is 4.79 Å². The molecule has 1 aliphatic heterocycles. The lowest BCUT2D eigenvalue weighted by Gasteiger charge is -2.43. The summed E-state index contributed by atoms with van der Waals surface area (Å²) in [4.78, 5) is 25.2. The molecule has 1 aromatic rings. The van der Waals surface area contributed by atoms with E-state index in [4.69, 9.17) is 14.6 Å². The zero-order valence-corrected chi connectivity index (χ0v) is 14.6. The molecule has 7 heteroatoms. The maximum atomic E-state index is 12.3. The number of morpholine rings is 1. The number of carbonyl (C=O) groups excluding carboxylic acids is 1. The zero-order chi connectivity index (χ0) is 18.1. The first-order valence-corrected chi connectivity index (χ1v) is 8.53. The predicted molar refractivity (Wildman–Crippen MR) is 92.0 cm³/mol. The van der Waals surface area contributed by atoms with E-state index in [-0.39, 0.29) is 13.0 Å². The Balaban J connectivity index is 1.93.